The minimum absolute atomic E-state index is 0.755. The fraction of sp³-hybridized carbons (Fsp3) is 1.00. The zero-order chi connectivity index (χ0) is 13.2. The van der Waals surface area contributed by atoms with Gasteiger partial charge in [-0.05, 0) is 90.3 Å². The molecule has 0 N–H and O–H groups in total. The molecule has 7 saturated carbocycles. The van der Waals surface area contributed by atoms with Crippen molar-refractivity contribution in [3.8, 4) is 0 Å². The summed E-state index contributed by atoms with van der Waals surface area (Å²) in [5.41, 5.74) is 2.32. The van der Waals surface area contributed by atoms with Crippen LogP contribution in [-0.4, -0.2) is 0 Å². The van der Waals surface area contributed by atoms with Crippen LogP contribution >= 0.6 is 0 Å². The molecule has 7 atom stereocenters. The minimum atomic E-state index is 0.755. The highest BCUT2D eigenvalue weighted by Gasteiger charge is 2.79. The Bertz CT molecular complexity index is 435. The summed E-state index contributed by atoms with van der Waals surface area (Å²) in [6.45, 7) is 10.4. The molecule has 7 aliphatic rings. The fourth-order valence-corrected chi connectivity index (χ4v) is 9.56. The Hall–Kier alpha value is 0. The summed E-state index contributed by atoms with van der Waals surface area (Å²) in [7, 11) is 0. The summed E-state index contributed by atoms with van der Waals surface area (Å²) in [4.78, 5) is 0. The smallest absolute Gasteiger partial charge is 0.0209 e. The molecule has 0 spiro atoms. The molecule has 0 heterocycles. The first-order valence-electron chi connectivity index (χ1n) is 8.95. The molecular formula is C19H30. The molecule has 0 amide bonds. The Kier molecular flexibility index (Phi) is 1.81. The van der Waals surface area contributed by atoms with Gasteiger partial charge in [0.15, 0.2) is 0 Å². The van der Waals surface area contributed by atoms with Crippen LogP contribution in [0.1, 0.15) is 66.2 Å². The lowest BCUT2D eigenvalue weighted by Crippen LogP contribution is -2.72. The summed E-state index contributed by atoms with van der Waals surface area (Å²) in [6.07, 6.45) is 9.43. The van der Waals surface area contributed by atoms with Crippen LogP contribution in [0.15, 0.2) is 0 Å². The maximum absolute atomic E-state index is 2.65. The number of fused-ring (bicyclic) bond motifs is 2. The Morgan fingerprint density at radius 3 is 2.32 bits per heavy atom. The van der Waals surface area contributed by atoms with Crippen molar-refractivity contribution in [3.63, 3.8) is 0 Å². The van der Waals surface area contributed by atoms with Gasteiger partial charge in [0.1, 0.15) is 0 Å². The third-order valence-electron chi connectivity index (χ3n) is 9.25. The van der Waals surface area contributed by atoms with Gasteiger partial charge in [-0.1, -0.05) is 27.7 Å². The molecule has 0 aromatic heterocycles. The standard InChI is InChI=1S/C19H30/c1-5-19-12-6-11(2)14(7-12)15(19)16-17(3)8-13(19)9-18(16,4)10-17/h11-16H,5-10H2,1-4H3. The molecule has 7 aliphatic carbocycles. The van der Waals surface area contributed by atoms with E-state index in [0.717, 1.165) is 51.8 Å². The van der Waals surface area contributed by atoms with Crippen LogP contribution < -0.4 is 0 Å². The van der Waals surface area contributed by atoms with E-state index in [1.165, 1.54) is 6.42 Å². The number of rotatable bonds is 1. The SMILES string of the molecule is CCC12C3CC(C)C(C3)C1C1C3(C)CC2CC1(C)C3. The van der Waals surface area contributed by atoms with Crippen LogP contribution in [0.5, 0.6) is 0 Å². The Balaban J connectivity index is 1.68. The molecule has 0 heteroatoms. The van der Waals surface area contributed by atoms with Crippen molar-refractivity contribution in [2.24, 2.45) is 51.8 Å². The van der Waals surface area contributed by atoms with Gasteiger partial charge in [0.25, 0.3) is 0 Å². The van der Waals surface area contributed by atoms with Crippen molar-refractivity contribution < 1.29 is 0 Å². The highest BCUT2D eigenvalue weighted by molar-refractivity contribution is 5.27. The highest BCUT2D eigenvalue weighted by atomic mass is 14.8. The summed E-state index contributed by atoms with van der Waals surface area (Å²) in [5.74, 6) is 6.59. The lowest BCUT2D eigenvalue weighted by molar-refractivity contribution is -0.305. The molecule has 7 unspecified atom stereocenters. The van der Waals surface area contributed by atoms with Gasteiger partial charge in [-0.2, -0.15) is 0 Å². The van der Waals surface area contributed by atoms with Crippen molar-refractivity contribution in [2.75, 3.05) is 0 Å². The lowest BCUT2D eigenvalue weighted by atomic mass is 9.26. The van der Waals surface area contributed by atoms with Crippen LogP contribution in [0.25, 0.3) is 0 Å². The zero-order valence-corrected chi connectivity index (χ0v) is 13.2. The highest BCUT2D eigenvalue weighted by Crippen LogP contribution is 2.85. The lowest BCUT2D eigenvalue weighted by Gasteiger charge is -2.79. The second kappa shape index (κ2) is 2.95. The third-order valence-corrected chi connectivity index (χ3v) is 9.25. The molecule has 0 saturated heterocycles. The predicted octanol–water partition coefficient (Wildman–Crippen LogP) is 5.13. The van der Waals surface area contributed by atoms with Gasteiger partial charge >= 0.3 is 0 Å². The average molecular weight is 258 g/mol. The van der Waals surface area contributed by atoms with Crippen LogP contribution in [0.4, 0.5) is 0 Å². The Labute approximate surface area is 118 Å². The molecule has 6 bridgehead atoms. The average Bonchev–Trinajstić information content (AvgIpc) is 2.82. The molecule has 19 heavy (non-hydrogen) atoms. The van der Waals surface area contributed by atoms with E-state index >= 15 is 0 Å². The van der Waals surface area contributed by atoms with E-state index in [0.29, 0.717) is 0 Å². The fourth-order valence-electron chi connectivity index (χ4n) is 9.56. The number of hydrogen-bond donors (Lipinski definition) is 0. The quantitative estimate of drug-likeness (QED) is 0.611. The van der Waals surface area contributed by atoms with E-state index in [1.54, 1.807) is 32.1 Å². The van der Waals surface area contributed by atoms with Crippen molar-refractivity contribution >= 4 is 0 Å². The molecule has 106 valence electrons. The summed E-state index contributed by atoms with van der Waals surface area (Å²) in [5, 5.41) is 0. The van der Waals surface area contributed by atoms with Crippen LogP contribution in [0.2, 0.25) is 0 Å². The second-order valence-electron chi connectivity index (χ2n) is 9.87. The maximum Gasteiger partial charge on any atom is -0.0209 e. The second-order valence-corrected chi connectivity index (χ2v) is 9.87. The maximum atomic E-state index is 2.65. The van der Waals surface area contributed by atoms with E-state index in [-0.39, 0.29) is 0 Å². The van der Waals surface area contributed by atoms with E-state index < -0.39 is 0 Å². The van der Waals surface area contributed by atoms with Gasteiger partial charge in [-0.15, -0.1) is 0 Å². The molecule has 0 aliphatic heterocycles. The molecule has 7 fully saturated rings. The Morgan fingerprint density at radius 2 is 1.68 bits per heavy atom. The first-order valence-corrected chi connectivity index (χ1v) is 8.95. The van der Waals surface area contributed by atoms with Crippen LogP contribution in [0, 0.1) is 51.8 Å². The zero-order valence-electron chi connectivity index (χ0n) is 13.2. The van der Waals surface area contributed by atoms with E-state index in [1.807, 2.05) is 0 Å². The van der Waals surface area contributed by atoms with Gasteiger partial charge in [0.05, 0.1) is 0 Å². The first-order chi connectivity index (χ1) is 8.95. The van der Waals surface area contributed by atoms with Gasteiger partial charge in [0.2, 0.25) is 0 Å². The molecule has 0 nitrogen and oxygen atoms in total. The van der Waals surface area contributed by atoms with Gasteiger partial charge in [0, 0.05) is 0 Å². The van der Waals surface area contributed by atoms with E-state index in [4.69, 9.17) is 0 Å². The van der Waals surface area contributed by atoms with E-state index in [2.05, 4.69) is 27.7 Å². The molecule has 0 aromatic rings. The molecule has 0 aromatic carbocycles. The normalized spacial score (nSPS) is 72.0. The Morgan fingerprint density at radius 1 is 1.00 bits per heavy atom. The first kappa shape index (κ1) is 11.6. The molecular weight excluding hydrogens is 228 g/mol. The summed E-state index contributed by atoms with van der Waals surface area (Å²) < 4.78 is 0. The topological polar surface area (TPSA) is 0 Å². The minimum Gasteiger partial charge on any atom is -0.0648 e. The van der Waals surface area contributed by atoms with Crippen molar-refractivity contribution in [2.45, 2.75) is 66.2 Å². The van der Waals surface area contributed by atoms with Crippen molar-refractivity contribution in [1.82, 2.24) is 0 Å². The number of hydrogen-bond acceptors (Lipinski definition) is 0. The van der Waals surface area contributed by atoms with Gasteiger partial charge in [-0.3, -0.25) is 0 Å². The summed E-state index contributed by atoms with van der Waals surface area (Å²) in [6, 6.07) is 0. The largest absolute Gasteiger partial charge is 0.0648 e. The van der Waals surface area contributed by atoms with Crippen molar-refractivity contribution in [1.29, 1.82) is 0 Å². The molecule has 7 rings (SSSR count). The van der Waals surface area contributed by atoms with Gasteiger partial charge < -0.3 is 0 Å². The monoisotopic (exact) mass is 258 g/mol. The van der Waals surface area contributed by atoms with Gasteiger partial charge in [-0.25, -0.2) is 0 Å². The van der Waals surface area contributed by atoms with Crippen LogP contribution in [-0.2, 0) is 0 Å². The summed E-state index contributed by atoms with van der Waals surface area (Å²) >= 11 is 0. The van der Waals surface area contributed by atoms with Crippen molar-refractivity contribution in [3.05, 3.63) is 0 Å². The van der Waals surface area contributed by atoms with Crippen LogP contribution in [0.3, 0.4) is 0 Å². The predicted molar refractivity (Wildman–Crippen MR) is 78.6 cm³/mol. The van der Waals surface area contributed by atoms with E-state index in [9.17, 15) is 0 Å². The molecule has 0 radical (unpaired) electrons. The third kappa shape index (κ3) is 0.968.